The van der Waals surface area contributed by atoms with E-state index in [0.717, 1.165) is 6.20 Å². The molecule has 0 atom stereocenters. The van der Waals surface area contributed by atoms with E-state index in [2.05, 4.69) is 9.97 Å². The Morgan fingerprint density at radius 1 is 1.33 bits per heavy atom. The molecule has 0 aliphatic carbocycles. The smallest absolute Gasteiger partial charge is 0.260 e. The lowest BCUT2D eigenvalue weighted by Gasteiger charge is -2.08. The highest BCUT2D eigenvalue weighted by Gasteiger charge is 2.08. The molecule has 0 saturated heterocycles. The number of nitrogen functional groups attached to an aromatic ring is 1. The Balaban J connectivity index is 2.22. The molecule has 2 rings (SSSR count). The van der Waals surface area contributed by atoms with Crippen LogP contribution >= 0.6 is 0 Å². The second-order valence-electron chi connectivity index (χ2n) is 3.39. The van der Waals surface area contributed by atoms with Crippen molar-refractivity contribution in [3.63, 3.8) is 0 Å². The fraction of sp³-hybridized carbons (Fsp3) is 0.167. The van der Waals surface area contributed by atoms with Crippen LogP contribution in [0.5, 0.6) is 17.4 Å². The van der Waals surface area contributed by atoms with Crippen LogP contribution in [0, 0.1) is 5.82 Å². The third kappa shape index (κ3) is 2.85. The zero-order chi connectivity index (χ0) is 13.0. The van der Waals surface area contributed by atoms with Gasteiger partial charge in [-0.05, 0) is 19.1 Å². The molecule has 0 unspecified atom stereocenters. The average molecular weight is 249 g/mol. The number of ether oxygens (including phenoxy) is 2. The number of rotatable bonds is 4. The monoisotopic (exact) mass is 249 g/mol. The normalized spacial score (nSPS) is 10.1. The highest BCUT2D eigenvalue weighted by molar-refractivity contribution is 5.36. The summed E-state index contributed by atoms with van der Waals surface area (Å²) in [5, 5.41) is 0. The van der Waals surface area contributed by atoms with Crippen molar-refractivity contribution >= 4 is 5.95 Å². The fourth-order valence-electron chi connectivity index (χ4n) is 1.34. The van der Waals surface area contributed by atoms with E-state index in [4.69, 9.17) is 15.2 Å². The van der Waals surface area contributed by atoms with Crippen LogP contribution in [-0.2, 0) is 0 Å². The number of anilines is 1. The van der Waals surface area contributed by atoms with Crippen molar-refractivity contribution < 1.29 is 13.9 Å². The molecule has 18 heavy (non-hydrogen) atoms. The predicted octanol–water partition coefficient (Wildman–Crippen LogP) is 2.39. The maximum atomic E-state index is 13.4. The zero-order valence-corrected chi connectivity index (χ0v) is 9.76. The first-order chi connectivity index (χ1) is 8.69. The number of nitrogens with two attached hydrogens (primary N) is 1. The summed E-state index contributed by atoms with van der Waals surface area (Å²) in [6, 6.07) is 6.82. The van der Waals surface area contributed by atoms with Gasteiger partial charge in [0.15, 0.2) is 0 Å². The van der Waals surface area contributed by atoms with Crippen LogP contribution in [0.15, 0.2) is 30.5 Å². The molecular weight excluding hydrogens is 237 g/mol. The van der Waals surface area contributed by atoms with E-state index in [1.54, 1.807) is 24.3 Å². The van der Waals surface area contributed by atoms with E-state index in [-0.39, 0.29) is 11.8 Å². The molecule has 2 aromatic rings. The lowest BCUT2D eigenvalue weighted by atomic mass is 10.3. The van der Waals surface area contributed by atoms with Gasteiger partial charge in [0.05, 0.1) is 12.8 Å². The van der Waals surface area contributed by atoms with Gasteiger partial charge in [0, 0.05) is 6.07 Å². The second kappa shape index (κ2) is 5.31. The lowest BCUT2D eigenvalue weighted by molar-refractivity contribution is 0.337. The van der Waals surface area contributed by atoms with Crippen molar-refractivity contribution in [2.24, 2.45) is 0 Å². The summed E-state index contributed by atoms with van der Waals surface area (Å²) in [7, 11) is 0. The molecular formula is C12H12FN3O2. The maximum absolute atomic E-state index is 13.4. The summed E-state index contributed by atoms with van der Waals surface area (Å²) < 4.78 is 24.0. The molecule has 0 aliphatic rings. The van der Waals surface area contributed by atoms with E-state index in [0.29, 0.717) is 18.1 Å². The quantitative estimate of drug-likeness (QED) is 0.900. The minimum atomic E-state index is -0.675. The molecule has 6 heteroatoms. The third-order valence-corrected chi connectivity index (χ3v) is 2.06. The van der Waals surface area contributed by atoms with Crippen LogP contribution in [0.25, 0.3) is 0 Å². The second-order valence-corrected chi connectivity index (χ2v) is 3.39. The topological polar surface area (TPSA) is 70.3 Å². The molecule has 0 saturated carbocycles. The van der Waals surface area contributed by atoms with Gasteiger partial charge in [-0.15, -0.1) is 0 Å². The summed E-state index contributed by atoms with van der Waals surface area (Å²) in [6.45, 7) is 2.41. The lowest BCUT2D eigenvalue weighted by Crippen LogP contribution is -1.99. The highest BCUT2D eigenvalue weighted by Crippen LogP contribution is 2.25. The van der Waals surface area contributed by atoms with E-state index >= 15 is 0 Å². The molecule has 1 aromatic carbocycles. The Morgan fingerprint density at radius 3 is 2.89 bits per heavy atom. The summed E-state index contributed by atoms with van der Waals surface area (Å²) >= 11 is 0. The molecule has 1 heterocycles. The molecule has 5 nitrogen and oxygen atoms in total. The number of nitrogens with zero attached hydrogens (tertiary/aromatic N) is 2. The van der Waals surface area contributed by atoms with Crippen LogP contribution in [0.2, 0.25) is 0 Å². The first-order valence-electron chi connectivity index (χ1n) is 5.37. The van der Waals surface area contributed by atoms with E-state index in [1.807, 2.05) is 6.92 Å². The summed E-state index contributed by atoms with van der Waals surface area (Å²) in [6.07, 6.45) is 0.962. The van der Waals surface area contributed by atoms with E-state index in [1.165, 1.54) is 0 Å². The largest absolute Gasteiger partial charge is 0.494 e. The summed E-state index contributed by atoms with van der Waals surface area (Å²) in [5.41, 5.74) is 5.37. The van der Waals surface area contributed by atoms with Crippen LogP contribution in [0.3, 0.4) is 0 Å². The standard InChI is InChI=1S/C12H12FN3O2/c1-2-17-8-4-3-5-9(6-8)18-11-10(13)7-15-12(14)16-11/h3-7H,2H2,1H3,(H2,14,15,16). The highest BCUT2D eigenvalue weighted by atomic mass is 19.1. The van der Waals surface area contributed by atoms with Gasteiger partial charge in [0.1, 0.15) is 11.5 Å². The molecule has 0 radical (unpaired) electrons. The van der Waals surface area contributed by atoms with Crippen LogP contribution in [-0.4, -0.2) is 16.6 Å². The van der Waals surface area contributed by atoms with Crippen molar-refractivity contribution in [3.05, 3.63) is 36.3 Å². The first-order valence-corrected chi connectivity index (χ1v) is 5.37. The predicted molar refractivity (Wildman–Crippen MR) is 64.1 cm³/mol. The van der Waals surface area contributed by atoms with Crippen LogP contribution < -0.4 is 15.2 Å². The van der Waals surface area contributed by atoms with Gasteiger partial charge in [0.25, 0.3) is 5.88 Å². The molecule has 2 N–H and O–H groups in total. The molecule has 0 aliphatic heterocycles. The Bertz CT molecular complexity index is 549. The third-order valence-electron chi connectivity index (χ3n) is 2.06. The molecule has 0 spiro atoms. The molecule has 94 valence electrons. The van der Waals surface area contributed by atoms with Gasteiger partial charge in [-0.2, -0.15) is 9.37 Å². The average Bonchev–Trinajstić information content (AvgIpc) is 2.35. The number of hydrogen-bond acceptors (Lipinski definition) is 5. The van der Waals surface area contributed by atoms with Crippen molar-refractivity contribution in [3.8, 4) is 17.4 Å². The zero-order valence-electron chi connectivity index (χ0n) is 9.76. The Labute approximate surface area is 103 Å². The summed E-state index contributed by atoms with van der Waals surface area (Å²) in [5.74, 6) is 0.116. The van der Waals surface area contributed by atoms with Crippen molar-refractivity contribution in [1.82, 2.24) is 9.97 Å². The van der Waals surface area contributed by atoms with Crippen molar-refractivity contribution in [1.29, 1.82) is 0 Å². The number of aromatic nitrogens is 2. The molecule has 0 fully saturated rings. The number of benzene rings is 1. The Kier molecular flexibility index (Phi) is 3.57. The maximum Gasteiger partial charge on any atom is 0.260 e. The van der Waals surface area contributed by atoms with Gasteiger partial charge in [-0.1, -0.05) is 6.07 Å². The minimum absolute atomic E-state index is 0.0487. The Hall–Kier alpha value is -2.37. The molecule has 0 bridgehead atoms. The molecule has 0 amide bonds. The fourth-order valence-corrected chi connectivity index (χ4v) is 1.34. The number of halogens is 1. The van der Waals surface area contributed by atoms with Crippen LogP contribution in [0.4, 0.5) is 10.3 Å². The van der Waals surface area contributed by atoms with Gasteiger partial charge in [-0.25, -0.2) is 4.98 Å². The SMILES string of the molecule is CCOc1cccc(Oc2nc(N)ncc2F)c1. The van der Waals surface area contributed by atoms with Gasteiger partial charge < -0.3 is 15.2 Å². The van der Waals surface area contributed by atoms with E-state index < -0.39 is 5.82 Å². The van der Waals surface area contributed by atoms with E-state index in [9.17, 15) is 4.39 Å². The van der Waals surface area contributed by atoms with Crippen molar-refractivity contribution in [2.45, 2.75) is 6.92 Å². The minimum Gasteiger partial charge on any atom is -0.494 e. The molecule has 1 aromatic heterocycles. The van der Waals surface area contributed by atoms with Crippen molar-refractivity contribution in [2.75, 3.05) is 12.3 Å². The Morgan fingerprint density at radius 2 is 2.11 bits per heavy atom. The van der Waals surface area contributed by atoms with Gasteiger partial charge >= 0.3 is 0 Å². The van der Waals surface area contributed by atoms with Gasteiger partial charge in [-0.3, -0.25) is 0 Å². The summed E-state index contributed by atoms with van der Waals surface area (Å²) in [4.78, 5) is 7.19. The van der Waals surface area contributed by atoms with Gasteiger partial charge in [0.2, 0.25) is 11.8 Å². The first kappa shape index (κ1) is 12.1. The van der Waals surface area contributed by atoms with Crippen LogP contribution in [0.1, 0.15) is 6.92 Å². The number of hydrogen-bond donors (Lipinski definition) is 1.